The lowest BCUT2D eigenvalue weighted by atomic mass is 10.3. The lowest BCUT2D eigenvalue weighted by molar-refractivity contribution is 0.378. The van der Waals surface area contributed by atoms with E-state index in [0.29, 0.717) is 29.6 Å². The second-order valence-corrected chi connectivity index (χ2v) is 4.91. The Morgan fingerprint density at radius 2 is 2.17 bits per heavy atom. The number of hydrogen-bond acceptors (Lipinski definition) is 8. The second-order valence-electron chi connectivity index (χ2n) is 4.91. The molecular weight excluding hydrogens is 296 g/mol. The van der Waals surface area contributed by atoms with Gasteiger partial charge in [-0.15, -0.1) is 0 Å². The van der Waals surface area contributed by atoms with E-state index in [9.17, 15) is 0 Å². The maximum atomic E-state index is 5.30. The summed E-state index contributed by atoms with van der Waals surface area (Å²) in [4.78, 5) is 18.9. The molecule has 0 unspecified atom stereocenters. The maximum absolute atomic E-state index is 5.30. The lowest BCUT2D eigenvalue weighted by Gasteiger charge is -2.15. The molecule has 114 valence electrons. The standard InChI is InChI=1S/C14H12N8O/c1-22(14-9-6-18-20-12(9)16-8-17-14)7-11-19-13(21-23-11)10-4-2-3-5-15-10/h2-6,8H,7H2,1H3,(H,16,17,18,20). The first kappa shape index (κ1) is 13.3. The van der Waals surface area contributed by atoms with Crippen molar-refractivity contribution in [1.29, 1.82) is 0 Å². The van der Waals surface area contributed by atoms with Crippen LogP contribution < -0.4 is 4.90 Å². The average Bonchev–Trinajstić information content (AvgIpc) is 3.24. The molecule has 23 heavy (non-hydrogen) atoms. The molecule has 0 fully saturated rings. The number of hydrogen-bond donors (Lipinski definition) is 1. The summed E-state index contributed by atoms with van der Waals surface area (Å²) in [6.45, 7) is 0.414. The van der Waals surface area contributed by atoms with E-state index in [1.807, 2.05) is 30.1 Å². The molecule has 0 spiro atoms. The monoisotopic (exact) mass is 308 g/mol. The fourth-order valence-electron chi connectivity index (χ4n) is 2.25. The van der Waals surface area contributed by atoms with Gasteiger partial charge in [0.1, 0.15) is 17.8 Å². The van der Waals surface area contributed by atoms with Crippen LogP contribution in [-0.4, -0.2) is 42.3 Å². The van der Waals surface area contributed by atoms with E-state index in [1.54, 1.807) is 12.4 Å². The lowest BCUT2D eigenvalue weighted by Crippen LogP contribution is -2.18. The number of nitrogens with zero attached hydrogens (tertiary/aromatic N) is 7. The van der Waals surface area contributed by atoms with Crippen molar-refractivity contribution in [2.45, 2.75) is 6.54 Å². The van der Waals surface area contributed by atoms with Crippen LogP contribution in [-0.2, 0) is 6.54 Å². The van der Waals surface area contributed by atoms with Gasteiger partial charge < -0.3 is 9.42 Å². The Hall–Kier alpha value is -3.36. The van der Waals surface area contributed by atoms with Gasteiger partial charge in [0.05, 0.1) is 18.1 Å². The molecule has 4 aromatic heterocycles. The van der Waals surface area contributed by atoms with Gasteiger partial charge >= 0.3 is 0 Å². The number of anilines is 1. The maximum Gasteiger partial charge on any atom is 0.246 e. The Kier molecular flexibility index (Phi) is 3.15. The van der Waals surface area contributed by atoms with E-state index in [-0.39, 0.29) is 0 Å². The van der Waals surface area contributed by atoms with Gasteiger partial charge in [-0.25, -0.2) is 9.97 Å². The largest absolute Gasteiger partial charge is 0.350 e. The number of aromatic nitrogens is 7. The third-order valence-electron chi connectivity index (χ3n) is 3.32. The van der Waals surface area contributed by atoms with Gasteiger partial charge in [0.2, 0.25) is 11.7 Å². The predicted octanol–water partition coefficient (Wildman–Crippen LogP) is 1.43. The minimum atomic E-state index is 0.414. The van der Waals surface area contributed by atoms with E-state index in [0.717, 1.165) is 11.2 Å². The van der Waals surface area contributed by atoms with Crippen LogP contribution in [0, 0.1) is 0 Å². The summed E-state index contributed by atoms with van der Waals surface area (Å²) in [7, 11) is 1.89. The van der Waals surface area contributed by atoms with Crippen molar-refractivity contribution in [3.8, 4) is 11.5 Å². The zero-order valence-corrected chi connectivity index (χ0v) is 12.2. The van der Waals surface area contributed by atoms with Crippen molar-refractivity contribution in [3.63, 3.8) is 0 Å². The first-order chi connectivity index (χ1) is 11.3. The fraction of sp³-hybridized carbons (Fsp3) is 0.143. The van der Waals surface area contributed by atoms with Gasteiger partial charge in [-0.1, -0.05) is 11.2 Å². The Balaban J connectivity index is 1.59. The van der Waals surface area contributed by atoms with Crippen LogP contribution >= 0.6 is 0 Å². The highest BCUT2D eigenvalue weighted by atomic mass is 16.5. The molecule has 0 saturated carbocycles. The molecule has 0 radical (unpaired) electrons. The summed E-state index contributed by atoms with van der Waals surface area (Å²) < 4.78 is 5.30. The Labute approximate surface area is 130 Å². The number of nitrogens with one attached hydrogen (secondary N) is 1. The van der Waals surface area contributed by atoms with Crippen LogP contribution in [0.2, 0.25) is 0 Å². The smallest absolute Gasteiger partial charge is 0.246 e. The molecule has 0 saturated heterocycles. The zero-order chi connectivity index (χ0) is 15.6. The number of aromatic amines is 1. The molecule has 0 aromatic carbocycles. The summed E-state index contributed by atoms with van der Waals surface area (Å²) in [5.41, 5.74) is 1.35. The third-order valence-corrected chi connectivity index (χ3v) is 3.32. The molecule has 0 amide bonds. The van der Waals surface area contributed by atoms with Crippen LogP contribution in [0.25, 0.3) is 22.6 Å². The van der Waals surface area contributed by atoms with Crippen molar-refractivity contribution < 1.29 is 4.52 Å². The minimum absolute atomic E-state index is 0.414. The van der Waals surface area contributed by atoms with Crippen LogP contribution in [0.3, 0.4) is 0 Å². The summed E-state index contributed by atoms with van der Waals surface area (Å²) in [6.07, 6.45) is 4.86. The van der Waals surface area contributed by atoms with E-state index >= 15 is 0 Å². The van der Waals surface area contributed by atoms with Gasteiger partial charge in [0, 0.05) is 13.2 Å². The van der Waals surface area contributed by atoms with Crippen molar-refractivity contribution in [2.75, 3.05) is 11.9 Å². The van der Waals surface area contributed by atoms with E-state index in [2.05, 4.69) is 35.3 Å². The Morgan fingerprint density at radius 1 is 1.22 bits per heavy atom. The SMILES string of the molecule is CN(Cc1nc(-c2ccccn2)no1)c1ncnc2[nH]ncc12. The summed E-state index contributed by atoms with van der Waals surface area (Å²) in [5.74, 6) is 1.68. The van der Waals surface area contributed by atoms with Crippen LogP contribution in [0.1, 0.15) is 5.89 Å². The topological polar surface area (TPSA) is 110 Å². The highest BCUT2D eigenvalue weighted by Gasteiger charge is 2.15. The summed E-state index contributed by atoms with van der Waals surface area (Å²) in [5, 5.41) is 11.6. The predicted molar refractivity (Wildman–Crippen MR) is 81.3 cm³/mol. The number of fused-ring (bicyclic) bond motifs is 1. The minimum Gasteiger partial charge on any atom is -0.350 e. The quantitative estimate of drug-likeness (QED) is 0.603. The van der Waals surface area contributed by atoms with Crippen molar-refractivity contribution in [3.05, 3.63) is 42.8 Å². The van der Waals surface area contributed by atoms with E-state index in [1.165, 1.54) is 6.33 Å². The molecule has 4 aromatic rings. The molecule has 0 aliphatic heterocycles. The average molecular weight is 308 g/mol. The van der Waals surface area contributed by atoms with Crippen molar-refractivity contribution in [2.24, 2.45) is 0 Å². The fourth-order valence-corrected chi connectivity index (χ4v) is 2.25. The van der Waals surface area contributed by atoms with Gasteiger partial charge in [-0.05, 0) is 12.1 Å². The normalized spacial score (nSPS) is 11.0. The van der Waals surface area contributed by atoms with Crippen molar-refractivity contribution >= 4 is 16.9 Å². The summed E-state index contributed by atoms with van der Waals surface area (Å²) >= 11 is 0. The molecule has 9 heteroatoms. The van der Waals surface area contributed by atoms with Gasteiger partial charge in [0.25, 0.3) is 0 Å². The van der Waals surface area contributed by atoms with Crippen LogP contribution in [0.4, 0.5) is 5.82 Å². The van der Waals surface area contributed by atoms with Crippen LogP contribution in [0.5, 0.6) is 0 Å². The highest BCUT2D eigenvalue weighted by Crippen LogP contribution is 2.21. The second kappa shape index (κ2) is 5.44. The van der Waals surface area contributed by atoms with Gasteiger partial charge in [-0.2, -0.15) is 10.1 Å². The molecule has 0 aliphatic rings. The highest BCUT2D eigenvalue weighted by molar-refractivity contribution is 5.85. The molecule has 0 bridgehead atoms. The van der Waals surface area contributed by atoms with E-state index in [4.69, 9.17) is 4.52 Å². The van der Waals surface area contributed by atoms with Gasteiger partial charge in [-0.3, -0.25) is 10.1 Å². The number of pyridine rings is 1. The first-order valence-corrected chi connectivity index (χ1v) is 6.90. The van der Waals surface area contributed by atoms with Crippen molar-refractivity contribution in [1.82, 2.24) is 35.3 Å². The molecule has 0 atom stereocenters. The molecule has 4 rings (SSSR count). The molecule has 4 heterocycles. The van der Waals surface area contributed by atoms with E-state index < -0.39 is 0 Å². The molecule has 1 N–H and O–H groups in total. The Morgan fingerprint density at radius 3 is 3.04 bits per heavy atom. The number of H-pyrrole nitrogens is 1. The zero-order valence-electron chi connectivity index (χ0n) is 12.2. The first-order valence-electron chi connectivity index (χ1n) is 6.90. The third kappa shape index (κ3) is 2.48. The molecule has 9 nitrogen and oxygen atoms in total. The molecular formula is C14H12N8O. The van der Waals surface area contributed by atoms with Crippen LogP contribution in [0.15, 0.2) is 41.4 Å². The van der Waals surface area contributed by atoms with Gasteiger partial charge in [0.15, 0.2) is 5.65 Å². The summed E-state index contributed by atoms with van der Waals surface area (Å²) in [6, 6.07) is 5.54. The molecule has 0 aliphatic carbocycles. The number of rotatable bonds is 4. The Bertz CT molecular complexity index is 932.